The summed E-state index contributed by atoms with van der Waals surface area (Å²) in [7, 11) is 0. The lowest BCUT2D eigenvalue weighted by molar-refractivity contribution is -0.242. The number of anilines is 1. The van der Waals surface area contributed by atoms with E-state index in [1.807, 2.05) is 0 Å². The fraction of sp³-hybridized carbons (Fsp3) is 0.357. The molecule has 0 amide bonds. The first kappa shape index (κ1) is 17.1. The average Bonchev–Trinajstić information content (AvgIpc) is 3.20. The van der Waals surface area contributed by atoms with E-state index in [0.717, 1.165) is 16.8 Å². The molecule has 1 aliphatic rings. The third-order valence-electron chi connectivity index (χ3n) is 4.15. The summed E-state index contributed by atoms with van der Waals surface area (Å²) in [5.41, 5.74) is 4.99. The Kier molecular flexibility index (Phi) is 3.91. The summed E-state index contributed by atoms with van der Waals surface area (Å²) in [5.74, 6) is -1.86. The number of H-pyrrole nitrogens is 2. The van der Waals surface area contributed by atoms with Gasteiger partial charge in [0.25, 0.3) is 5.56 Å². The Hall–Kier alpha value is -3.29. The van der Waals surface area contributed by atoms with Gasteiger partial charge in [-0.25, -0.2) is 14.3 Å². The minimum Gasteiger partial charge on any atom is -0.411 e. The van der Waals surface area contributed by atoms with Gasteiger partial charge in [-0.2, -0.15) is 9.97 Å². The van der Waals surface area contributed by atoms with Gasteiger partial charge in [-0.3, -0.25) is 9.78 Å². The molecule has 3 aromatic rings. The van der Waals surface area contributed by atoms with Crippen molar-refractivity contribution in [2.75, 3.05) is 12.3 Å². The molecule has 1 fully saturated rings. The van der Waals surface area contributed by atoms with Crippen molar-refractivity contribution in [2.45, 2.75) is 24.5 Å². The molecule has 0 bridgehead atoms. The standard InChI is InChI=1S/C14H15N7O6/c15-10-9-11(17-5-16-9)20-12(19-10)27-14(3-6(23)7(4-22)26-14)21-2-1-8(24)18-13(21)25/h1-2,5-7,22-23H,3-4H2,(H,18,24,25)(H3,15,16,17,19,20)/t6-,7+,14-/m0/s1. The summed E-state index contributed by atoms with van der Waals surface area (Å²) in [6.45, 7) is -0.522. The molecule has 4 heterocycles. The molecule has 0 radical (unpaired) electrons. The largest absolute Gasteiger partial charge is 0.411 e. The lowest BCUT2D eigenvalue weighted by atomic mass is 10.1. The number of nitrogens with zero attached hydrogens (tertiary/aromatic N) is 4. The Morgan fingerprint density at radius 3 is 2.96 bits per heavy atom. The van der Waals surface area contributed by atoms with Crippen molar-refractivity contribution >= 4 is 17.0 Å². The fourth-order valence-electron chi connectivity index (χ4n) is 2.90. The number of aliphatic hydroxyl groups is 2. The van der Waals surface area contributed by atoms with E-state index in [9.17, 15) is 19.8 Å². The number of fused-ring (bicyclic) bond motifs is 1. The highest BCUT2D eigenvalue weighted by atomic mass is 16.7. The van der Waals surface area contributed by atoms with E-state index in [1.165, 1.54) is 6.33 Å². The molecule has 13 heteroatoms. The number of nitrogens with two attached hydrogens (primary N) is 1. The maximum Gasteiger partial charge on any atom is 0.333 e. The number of hydrogen-bond acceptors (Lipinski definition) is 10. The Morgan fingerprint density at radius 2 is 2.26 bits per heavy atom. The highest BCUT2D eigenvalue weighted by Crippen LogP contribution is 2.36. The van der Waals surface area contributed by atoms with Crippen LogP contribution in [-0.2, 0) is 10.6 Å². The van der Waals surface area contributed by atoms with E-state index >= 15 is 0 Å². The molecule has 0 aromatic carbocycles. The Balaban J connectivity index is 1.83. The van der Waals surface area contributed by atoms with E-state index < -0.39 is 36.0 Å². The van der Waals surface area contributed by atoms with E-state index in [-0.39, 0.29) is 23.9 Å². The maximum absolute atomic E-state index is 12.3. The zero-order valence-corrected chi connectivity index (χ0v) is 13.7. The van der Waals surface area contributed by atoms with Gasteiger partial charge in [-0.15, -0.1) is 0 Å². The number of aromatic amines is 2. The molecule has 0 aliphatic carbocycles. The van der Waals surface area contributed by atoms with E-state index in [2.05, 4.69) is 24.9 Å². The van der Waals surface area contributed by atoms with Crippen LogP contribution in [0.2, 0.25) is 0 Å². The summed E-state index contributed by atoms with van der Waals surface area (Å²) in [5, 5.41) is 19.6. The first-order chi connectivity index (χ1) is 12.9. The lowest BCUT2D eigenvalue weighted by Crippen LogP contribution is -2.48. The minimum absolute atomic E-state index is 0.0497. The van der Waals surface area contributed by atoms with Crippen LogP contribution in [0.1, 0.15) is 6.42 Å². The molecule has 0 saturated carbocycles. The molecule has 3 aromatic heterocycles. The smallest absolute Gasteiger partial charge is 0.333 e. The third-order valence-corrected chi connectivity index (χ3v) is 4.15. The highest BCUT2D eigenvalue weighted by molar-refractivity contribution is 5.81. The Labute approximate surface area is 149 Å². The Morgan fingerprint density at radius 1 is 1.44 bits per heavy atom. The summed E-state index contributed by atoms with van der Waals surface area (Å²) >= 11 is 0. The molecule has 1 saturated heterocycles. The van der Waals surface area contributed by atoms with Crippen LogP contribution < -0.4 is 21.7 Å². The van der Waals surface area contributed by atoms with Gasteiger partial charge in [-0.05, 0) is 0 Å². The summed E-state index contributed by atoms with van der Waals surface area (Å²) in [6, 6.07) is 0.816. The van der Waals surface area contributed by atoms with Crippen LogP contribution in [0, 0.1) is 0 Å². The van der Waals surface area contributed by atoms with Gasteiger partial charge in [0, 0.05) is 12.3 Å². The minimum atomic E-state index is -1.91. The van der Waals surface area contributed by atoms with Crippen LogP contribution in [0.4, 0.5) is 5.82 Å². The zero-order chi connectivity index (χ0) is 19.2. The first-order valence-electron chi connectivity index (χ1n) is 7.87. The first-order valence-corrected chi connectivity index (χ1v) is 7.87. The van der Waals surface area contributed by atoms with Crippen LogP contribution in [0.5, 0.6) is 6.01 Å². The number of ether oxygens (including phenoxy) is 2. The third kappa shape index (κ3) is 2.83. The molecule has 0 spiro atoms. The summed E-state index contributed by atoms with van der Waals surface area (Å²) < 4.78 is 12.3. The van der Waals surface area contributed by atoms with Crippen molar-refractivity contribution in [3.63, 3.8) is 0 Å². The topological polar surface area (TPSA) is 194 Å². The predicted octanol–water partition coefficient (Wildman–Crippen LogP) is -2.38. The zero-order valence-electron chi connectivity index (χ0n) is 13.7. The van der Waals surface area contributed by atoms with Crippen LogP contribution in [0.15, 0.2) is 28.2 Å². The molecule has 3 atom stereocenters. The molecule has 6 N–H and O–H groups in total. The molecule has 1 aliphatic heterocycles. The van der Waals surface area contributed by atoms with Gasteiger partial charge < -0.3 is 30.4 Å². The Bertz CT molecular complexity index is 1110. The molecule has 0 unspecified atom stereocenters. The second kappa shape index (κ2) is 6.15. The molecule has 27 heavy (non-hydrogen) atoms. The van der Waals surface area contributed by atoms with Gasteiger partial charge in [0.2, 0.25) is 0 Å². The quantitative estimate of drug-likeness (QED) is 0.327. The number of imidazole rings is 1. The van der Waals surface area contributed by atoms with Crippen molar-refractivity contribution in [3.8, 4) is 6.01 Å². The van der Waals surface area contributed by atoms with Gasteiger partial charge in [0.1, 0.15) is 11.6 Å². The second-order valence-corrected chi connectivity index (χ2v) is 5.90. The van der Waals surface area contributed by atoms with Crippen LogP contribution in [0.25, 0.3) is 11.2 Å². The second-order valence-electron chi connectivity index (χ2n) is 5.90. The maximum atomic E-state index is 12.3. The number of nitrogen functional groups attached to an aromatic ring is 1. The van der Waals surface area contributed by atoms with Crippen LogP contribution in [-0.4, -0.2) is 58.5 Å². The van der Waals surface area contributed by atoms with Gasteiger partial charge in [-0.1, -0.05) is 0 Å². The van der Waals surface area contributed by atoms with Crippen molar-refractivity contribution in [1.29, 1.82) is 0 Å². The number of aromatic nitrogens is 6. The number of aliphatic hydroxyl groups excluding tert-OH is 2. The number of nitrogens with one attached hydrogen (secondary N) is 2. The lowest BCUT2D eigenvalue weighted by Gasteiger charge is -2.29. The monoisotopic (exact) mass is 377 g/mol. The molecule has 142 valence electrons. The van der Waals surface area contributed by atoms with Crippen LogP contribution >= 0.6 is 0 Å². The normalized spacial score (nSPS) is 25.1. The molecular weight excluding hydrogens is 362 g/mol. The van der Waals surface area contributed by atoms with Gasteiger partial charge >= 0.3 is 17.6 Å². The number of hydrogen-bond donors (Lipinski definition) is 5. The summed E-state index contributed by atoms with van der Waals surface area (Å²) in [6.07, 6.45) is 0.0886. The SMILES string of the molecule is Nc1nc(O[C@]2(n3ccc(=O)[nH]c3=O)C[C@H](O)[C@@H](CO)O2)nc2nc[nH]c12. The van der Waals surface area contributed by atoms with Crippen molar-refractivity contribution in [2.24, 2.45) is 0 Å². The molecule has 4 rings (SSSR count). The van der Waals surface area contributed by atoms with Crippen LogP contribution in [0.3, 0.4) is 0 Å². The van der Waals surface area contributed by atoms with Gasteiger partial charge in [0.15, 0.2) is 11.5 Å². The molecule has 13 nitrogen and oxygen atoms in total. The molecular formula is C14H15N7O6. The predicted molar refractivity (Wildman–Crippen MR) is 88.6 cm³/mol. The average molecular weight is 377 g/mol. The van der Waals surface area contributed by atoms with Crippen molar-refractivity contribution < 1.29 is 19.7 Å². The van der Waals surface area contributed by atoms with E-state index in [4.69, 9.17) is 15.2 Å². The van der Waals surface area contributed by atoms with E-state index in [1.54, 1.807) is 0 Å². The fourth-order valence-corrected chi connectivity index (χ4v) is 2.90. The highest BCUT2D eigenvalue weighted by Gasteiger charge is 2.51. The number of rotatable bonds is 4. The summed E-state index contributed by atoms with van der Waals surface area (Å²) in [4.78, 5) is 40.6. The van der Waals surface area contributed by atoms with Gasteiger partial charge in [0.05, 0.1) is 25.5 Å². The van der Waals surface area contributed by atoms with Crippen molar-refractivity contribution in [1.82, 2.24) is 29.5 Å². The van der Waals surface area contributed by atoms with E-state index in [0.29, 0.717) is 5.52 Å². The van der Waals surface area contributed by atoms with Crippen molar-refractivity contribution in [3.05, 3.63) is 39.4 Å².